The summed E-state index contributed by atoms with van der Waals surface area (Å²) in [7, 11) is -6.70. The molecule has 4 N–H and O–H groups in total. The van der Waals surface area contributed by atoms with E-state index in [0.717, 1.165) is 22.6 Å². The first-order valence-corrected chi connectivity index (χ1v) is 11.0. The molecule has 1 rings (SSSR count). The monoisotopic (exact) mass is 369 g/mol. The number of nitrogens with one attached hydrogen (secondary N) is 2. The number of sulfonamides is 2. The standard InChI is InChI=1S/C12H23N3O4S3/c1-2-21(16,17)14-10-7-11-5-6-12(20-11)22(18,19)15-9-4-3-8-13/h5-6,14-15H,2-4,7-10,13H2,1H3. The van der Waals surface area contributed by atoms with Crippen LogP contribution in [-0.2, 0) is 26.5 Å². The van der Waals surface area contributed by atoms with Gasteiger partial charge < -0.3 is 5.73 Å². The summed E-state index contributed by atoms with van der Waals surface area (Å²) in [6.45, 7) is 2.73. The van der Waals surface area contributed by atoms with E-state index >= 15 is 0 Å². The zero-order valence-corrected chi connectivity index (χ0v) is 15.0. The van der Waals surface area contributed by atoms with Crippen LogP contribution in [0.1, 0.15) is 24.6 Å². The van der Waals surface area contributed by atoms with Gasteiger partial charge in [-0.05, 0) is 44.9 Å². The summed E-state index contributed by atoms with van der Waals surface area (Å²) < 4.78 is 51.9. The van der Waals surface area contributed by atoms with E-state index in [4.69, 9.17) is 5.73 Å². The van der Waals surface area contributed by atoms with E-state index in [-0.39, 0.29) is 16.5 Å². The number of rotatable bonds is 11. The van der Waals surface area contributed by atoms with Crippen molar-refractivity contribution in [1.29, 1.82) is 0 Å². The Morgan fingerprint density at radius 1 is 1.09 bits per heavy atom. The van der Waals surface area contributed by atoms with Crippen molar-refractivity contribution in [1.82, 2.24) is 9.44 Å². The van der Waals surface area contributed by atoms with E-state index in [1.165, 1.54) is 0 Å². The van der Waals surface area contributed by atoms with Crippen LogP contribution in [0.2, 0.25) is 0 Å². The van der Waals surface area contributed by atoms with Crippen LogP contribution in [0.25, 0.3) is 0 Å². The summed E-state index contributed by atoms with van der Waals surface area (Å²) in [5.41, 5.74) is 5.36. The summed E-state index contributed by atoms with van der Waals surface area (Å²) in [6, 6.07) is 3.25. The first-order valence-electron chi connectivity index (χ1n) is 7.06. The smallest absolute Gasteiger partial charge is 0.250 e. The molecule has 128 valence electrons. The Labute approximate surface area is 136 Å². The van der Waals surface area contributed by atoms with Gasteiger partial charge in [-0.15, -0.1) is 11.3 Å². The summed E-state index contributed by atoms with van der Waals surface area (Å²) in [6.07, 6.45) is 1.94. The SMILES string of the molecule is CCS(=O)(=O)NCCc1ccc(S(=O)(=O)NCCCCN)s1. The molecule has 0 aliphatic heterocycles. The minimum atomic E-state index is -3.49. The fraction of sp³-hybridized carbons (Fsp3) is 0.667. The maximum Gasteiger partial charge on any atom is 0.250 e. The van der Waals surface area contributed by atoms with Crippen molar-refractivity contribution in [2.75, 3.05) is 25.4 Å². The van der Waals surface area contributed by atoms with Crippen LogP contribution >= 0.6 is 11.3 Å². The van der Waals surface area contributed by atoms with Crippen LogP contribution in [0.15, 0.2) is 16.3 Å². The Kier molecular flexibility index (Phi) is 7.94. The number of nitrogens with two attached hydrogens (primary N) is 1. The largest absolute Gasteiger partial charge is 0.330 e. The molecule has 7 nitrogen and oxygen atoms in total. The molecular weight excluding hydrogens is 346 g/mol. The second-order valence-electron chi connectivity index (χ2n) is 4.66. The van der Waals surface area contributed by atoms with Crippen molar-refractivity contribution in [2.24, 2.45) is 5.73 Å². The molecule has 0 saturated heterocycles. The minimum Gasteiger partial charge on any atom is -0.330 e. The summed E-state index contributed by atoms with van der Waals surface area (Å²) in [4.78, 5) is 0.820. The molecule has 0 atom stereocenters. The number of hydrogen-bond donors (Lipinski definition) is 3. The van der Waals surface area contributed by atoms with Crippen molar-refractivity contribution in [2.45, 2.75) is 30.4 Å². The molecular formula is C12H23N3O4S3. The fourth-order valence-electron chi connectivity index (χ4n) is 1.62. The highest BCUT2D eigenvalue weighted by atomic mass is 32.2. The number of hydrogen-bond acceptors (Lipinski definition) is 6. The predicted molar refractivity (Wildman–Crippen MR) is 89.0 cm³/mol. The maximum atomic E-state index is 12.0. The maximum absolute atomic E-state index is 12.0. The minimum absolute atomic E-state index is 0.0315. The van der Waals surface area contributed by atoms with Crippen molar-refractivity contribution in [3.05, 3.63) is 17.0 Å². The quantitative estimate of drug-likeness (QED) is 0.483. The second kappa shape index (κ2) is 8.94. The summed E-state index contributed by atoms with van der Waals surface area (Å²) >= 11 is 1.15. The molecule has 0 aliphatic carbocycles. The molecule has 0 saturated carbocycles. The van der Waals surface area contributed by atoms with Gasteiger partial charge in [0.25, 0.3) is 0 Å². The lowest BCUT2D eigenvalue weighted by atomic mass is 10.3. The fourth-order valence-corrected chi connectivity index (χ4v) is 4.71. The Balaban J connectivity index is 2.52. The van der Waals surface area contributed by atoms with Gasteiger partial charge in [0.05, 0.1) is 5.75 Å². The molecule has 0 bridgehead atoms. The highest BCUT2D eigenvalue weighted by Gasteiger charge is 2.16. The first-order chi connectivity index (χ1) is 10.3. The molecule has 0 amide bonds. The topological polar surface area (TPSA) is 118 Å². The lowest BCUT2D eigenvalue weighted by Crippen LogP contribution is -2.27. The van der Waals surface area contributed by atoms with Gasteiger partial charge in [-0.1, -0.05) is 0 Å². The molecule has 0 aromatic carbocycles. The molecule has 0 unspecified atom stereocenters. The highest BCUT2D eigenvalue weighted by Crippen LogP contribution is 2.21. The Bertz CT molecular complexity index is 653. The molecule has 10 heteroatoms. The molecule has 1 aromatic rings. The van der Waals surface area contributed by atoms with E-state index in [1.54, 1.807) is 19.1 Å². The zero-order valence-electron chi connectivity index (χ0n) is 12.5. The lowest BCUT2D eigenvalue weighted by molar-refractivity contribution is 0.578. The van der Waals surface area contributed by atoms with Gasteiger partial charge in [-0.2, -0.15) is 0 Å². The Morgan fingerprint density at radius 3 is 2.45 bits per heavy atom. The van der Waals surface area contributed by atoms with Crippen LogP contribution in [-0.4, -0.2) is 42.2 Å². The van der Waals surface area contributed by atoms with Crippen LogP contribution in [0.3, 0.4) is 0 Å². The molecule has 0 radical (unpaired) electrons. The van der Waals surface area contributed by atoms with E-state index in [9.17, 15) is 16.8 Å². The predicted octanol–water partition coefficient (Wildman–Crippen LogP) is 0.247. The Morgan fingerprint density at radius 2 is 1.82 bits per heavy atom. The van der Waals surface area contributed by atoms with Gasteiger partial charge in [-0.25, -0.2) is 26.3 Å². The molecule has 0 spiro atoms. The van der Waals surface area contributed by atoms with Crippen molar-refractivity contribution in [3.8, 4) is 0 Å². The van der Waals surface area contributed by atoms with Crippen LogP contribution in [0.5, 0.6) is 0 Å². The second-order valence-corrected chi connectivity index (χ2v) is 9.92. The number of thiophene rings is 1. The van der Waals surface area contributed by atoms with E-state index in [0.29, 0.717) is 25.9 Å². The van der Waals surface area contributed by atoms with Gasteiger partial charge in [-0.3, -0.25) is 0 Å². The van der Waals surface area contributed by atoms with Crippen molar-refractivity contribution >= 4 is 31.4 Å². The van der Waals surface area contributed by atoms with Crippen molar-refractivity contribution < 1.29 is 16.8 Å². The molecule has 1 aromatic heterocycles. The third-order valence-electron chi connectivity index (χ3n) is 2.90. The highest BCUT2D eigenvalue weighted by molar-refractivity contribution is 7.91. The lowest BCUT2D eigenvalue weighted by Gasteiger charge is -2.04. The first kappa shape index (κ1) is 19.5. The van der Waals surface area contributed by atoms with Gasteiger partial charge in [0, 0.05) is 18.0 Å². The van der Waals surface area contributed by atoms with Crippen molar-refractivity contribution in [3.63, 3.8) is 0 Å². The molecule has 0 aliphatic rings. The Hall–Kier alpha value is -0.520. The van der Waals surface area contributed by atoms with E-state index < -0.39 is 20.0 Å². The zero-order chi connectivity index (χ0) is 16.6. The van der Waals surface area contributed by atoms with Crippen LogP contribution < -0.4 is 15.2 Å². The van der Waals surface area contributed by atoms with Gasteiger partial charge >= 0.3 is 0 Å². The number of unbranched alkanes of at least 4 members (excludes halogenated alkanes) is 1. The average Bonchev–Trinajstić information content (AvgIpc) is 2.93. The average molecular weight is 370 g/mol. The molecule has 0 fully saturated rings. The summed E-state index contributed by atoms with van der Waals surface area (Å²) in [5.74, 6) is 0.0315. The van der Waals surface area contributed by atoms with Crippen LogP contribution in [0, 0.1) is 0 Å². The normalized spacial score (nSPS) is 12.6. The van der Waals surface area contributed by atoms with Gasteiger partial charge in [0.15, 0.2) is 0 Å². The van der Waals surface area contributed by atoms with E-state index in [1.807, 2.05) is 0 Å². The third-order valence-corrected chi connectivity index (χ3v) is 7.40. The molecule has 22 heavy (non-hydrogen) atoms. The van der Waals surface area contributed by atoms with Gasteiger partial charge in [0.2, 0.25) is 20.0 Å². The summed E-state index contributed by atoms with van der Waals surface area (Å²) in [5, 5.41) is 0. The van der Waals surface area contributed by atoms with Gasteiger partial charge in [0.1, 0.15) is 4.21 Å². The van der Waals surface area contributed by atoms with E-state index in [2.05, 4.69) is 9.44 Å². The van der Waals surface area contributed by atoms with Crippen LogP contribution in [0.4, 0.5) is 0 Å². The third kappa shape index (κ3) is 6.71. The molecule has 1 heterocycles.